The quantitative estimate of drug-likeness (QED) is 0.731. The van der Waals surface area contributed by atoms with Gasteiger partial charge in [-0.25, -0.2) is 0 Å². The lowest BCUT2D eigenvalue weighted by Gasteiger charge is -2.53. The Labute approximate surface area is 163 Å². The van der Waals surface area contributed by atoms with Crippen LogP contribution < -0.4 is 0 Å². The van der Waals surface area contributed by atoms with Crippen molar-refractivity contribution in [1.82, 2.24) is 0 Å². The third-order valence-corrected chi connectivity index (χ3v) is 7.19. The summed E-state index contributed by atoms with van der Waals surface area (Å²) in [6.45, 7) is 2.20. The molecule has 4 rings (SSSR count). The van der Waals surface area contributed by atoms with Gasteiger partial charge in [0.25, 0.3) is 0 Å². The zero-order chi connectivity index (χ0) is 18.9. The summed E-state index contributed by atoms with van der Waals surface area (Å²) in [4.78, 5) is 0. The summed E-state index contributed by atoms with van der Waals surface area (Å²) in [7, 11) is 0. The molecular weight excluding hydrogens is 332 g/mol. The van der Waals surface area contributed by atoms with Crippen LogP contribution in [0, 0.1) is 5.92 Å². The van der Waals surface area contributed by atoms with Gasteiger partial charge in [-0.05, 0) is 79.7 Å². The van der Waals surface area contributed by atoms with Crippen LogP contribution >= 0.6 is 0 Å². The van der Waals surface area contributed by atoms with Crippen LogP contribution in [0.2, 0.25) is 0 Å². The zero-order valence-electron chi connectivity index (χ0n) is 16.5. The molecule has 27 heavy (non-hydrogen) atoms. The second kappa shape index (κ2) is 7.31. The Kier molecular flexibility index (Phi) is 5.03. The van der Waals surface area contributed by atoms with Crippen LogP contribution in [-0.2, 0) is 18.3 Å². The Morgan fingerprint density at radius 2 is 1.89 bits per heavy atom. The summed E-state index contributed by atoms with van der Waals surface area (Å²) in [6.07, 6.45) is 9.17. The molecule has 1 saturated carbocycles. The second-order valence-electron chi connectivity index (χ2n) is 8.93. The van der Waals surface area contributed by atoms with Crippen LogP contribution in [0.15, 0.2) is 48.5 Å². The minimum absolute atomic E-state index is 0.0844. The van der Waals surface area contributed by atoms with Crippen LogP contribution in [0.5, 0.6) is 5.75 Å². The van der Waals surface area contributed by atoms with Gasteiger partial charge in [0.15, 0.2) is 0 Å². The fourth-order valence-electron chi connectivity index (χ4n) is 5.77. The summed E-state index contributed by atoms with van der Waals surface area (Å²) in [6, 6.07) is 16.8. The van der Waals surface area contributed by atoms with Crippen LogP contribution in [0.1, 0.15) is 68.6 Å². The molecule has 2 heteroatoms. The lowest BCUT2D eigenvalue weighted by Crippen LogP contribution is -2.51. The van der Waals surface area contributed by atoms with Gasteiger partial charge in [-0.15, -0.1) is 0 Å². The highest BCUT2D eigenvalue weighted by molar-refractivity contribution is 5.44. The van der Waals surface area contributed by atoms with Crippen molar-refractivity contribution in [1.29, 1.82) is 0 Å². The minimum atomic E-state index is -0.491. The number of unbranched alkanes of at least 4 members (excludes halogenated alkanes) is 1. The first-order valence-electron chi connectivity index (χ1n) is 10.6. The van der Waals surface area contributed by atoms with Crippen molar-refractivity contribution in [2.45, 2.75) is 75.7 Å². The van der Waals surface area contributed by atoms with Gasteiger partial charge in [-0.3, -0.25) is 0 Å². The number of hydrogen-bond donors (Lipinski definition) is 2. The van der Waals surface area contributed by atoms with Gasteiger partial charge in [0.2, 0.25) is 0 Å². The van der Waals surface area contributed by atoms with E-state index in [0.29, 0.717) is 11.7 Å². The van der Waals surface area contributed by atoms with E-state index < -0.39 is 5.60 Å². The SMILES string of the molecule is CCCCC1(O)CC[C@@]2(Cc3ccccc3)c3ccc(O)cc3CC[C@@H]2C1. The number of aryl methyl sites for hydroxylation is 1. The van der Waals surface area contributed by atoms with E-state index in [1.54, 1.807) is 0 Å². The third-order valence-electron chi connectivity index (χ3n) is 7.19. The summed E-state index contributed by atoms with van der Waals surface area (Å²) in [5.41, 5.74) is 3.69. The number of phenolic OH excluding ortho intramolecular Hbond substituents is 1. The third kappa shape index (κ3) is 3.52. The smallest absolute Gasteiger partial charge is 0.115 e. The number of aliphatic hydroxyl groups is 1. The molecule has 0 saturated heterocycles. The number of rotatable bonds is 5. The predicted octanol–water partition coefficient (Wildman–Crippen LogP) is 5.54. The Bertz CT molecular complexity index is 784. The monoisotopic (exact) mass is 364 g/mol. The maximum atomic E-state index is 11.3. The maximum absolute atomic E-state index is 11.3. The number of aromatic hydroxyl groups is 1. The molecule has 1 unspecified atom stereocenters. The molecule has 0 aromatic heterocycles. The summed E-state index contributed by atoms with van der Waals surface area (Å²) < 4.78 is 0. The first kappa shape index (κ1) is 18.6. The largest absolute Gasteiger partial charge is 0.508 e. The van der Waals surface area contributed by atoms with Crippen molar-refractivity contribution in [2.75, 3.05) is 0 Å². The van der Waals surface area contributed by atoms with E-state index in [9.17, 15) is 10.2 Å². The molecule has 2 aromatic rings. The van der Waals surface area contributed by atoms with E-state index in [1.807, 2.05) is 12.1 Å². The molecule has 0 heterocycles. The lowest BCUT2D eigenvalue weighted by atomic mass is 9.52. The van der Waals surface area contributed by atoms with Gasteiger partial charge in [0, 0.05) is 5.41 Å². The lowest BCUT2D eigenvalue weighted by molar-refractivity contribution is -0.0573. The highest BCUT2D eigenvalue weighted by Crippen LogP contribution is 2.55. The Morgan fingerprint density at radius 1 is 1.07 bits per heavy atom. The van der Waals surface area contributed by atoms with E-state index in [-0.39, 0.29) is 5.41 Å². The van der Waals surface area contributed by atoms with Crippen LogP contribution in [0.4, 0.5) is 0 Å². The molecule has 0 aliphatic heterocycles. The molecule has 0 radical (unpaired) electrons. The Morgan fingerprint density at radius 3 is 2.67 bits per heavy atom. The number of fused-ring (bicyclic) bond motifs is 3. The second-order valence-corrected chi connectivity index (χ2v) is 8.93. The molecule has 0 amide bonds. The highest BCUT2D eigenvalue weighted by atomic mass is 16.3. The van der Waals surface area contributed by atoms with Crippen molar-refractivity contribution in [2.24, 2.45) is 5.92 Å². The molecule has 144 valence electrons. The predicted molar refractivity (Wildman–Crippen MR) is 110 cm³/mol. The van der Waals surface area contributed by atoms with Crippen LogP contribution in [0.3, 0.4) is 0 Å². The van der Waals surface area contributed by atoms with E-state index >= 15 is 0 Å². The first-order valence-corrected chi connectivity index (χ1v) is 10.6. The Hall–Kier alpha value is -1.80. The fraction of sp³-hybridized carbons (Fsp3) is 0.520. The summed E-state index contributed by atoms with van der Waals surface area (Å²) in [5, 5.41) is 21.3. The number of phenols is 1. The number of benzene rings is 2. The van der Waals surface area contributed by atoms with E-state index in [4.69, 9.17) is 0 Å². The maximum Gasteiger partial charge on any atom is 0.115 e. The average molecular weight is 365 g/mol. The molecular formula is C25H32O2. The standard InChI is InChI=1S/C25H32O2/c1-2-3-13-24(27)14-15-25(17-19-7-5-4-6-8-19)21(18-24)10-9-20-16-22(26)11-12-23(20)25/h4-8,11-12,16,21,26-27H,2-3,9-10,13-15,17-18H2,1H3/t21-,24?,25+/m1/s1. The molecule has 2 N–H and O–H groups in total. The van der Waals surface area contributed by atoms with Crippen LogP contribution in [0.25, 0.3) is 0 Å². The van der Waals surface area contributed by atoms with Crippen molar-refractivity contribution in [3.05, 3.63) is 65.2 Å². The summed E-state index contributed by atoms with van der Waals surface area (Å²) in [5.74, 6) is 0.877. The average Bonchev–Trinajstić information content (AvgIpc) is 2.68. The summed E-state index contributed by atoms with van der Waals surface area (Å²) >= 11 is 0. The molecule has 3 atom stereocenters. The van der Waals surface area contributed by atoms with Gasteiger partial charge < -0.3 is 10.2 Å². The van der Waals surface area contributed by atoms with Gasteiger partial charge in [-0.2, -0.15) is 0 Å². The van der Waals surface area contributed by atoms with E-state index in [2.05, 4.69) is 43.3 Å². The fourth-order valence-corrected chi connectivity index (χ4v) is 5.77. The first-order chi connectivity index (χ1) is 13.0. The molecule has 2 aromatic carbocycles. The Balaban J connectivity index is 1.72. The molecule has 2 aliphatic carbocycles. The molecule has 2 aliphatic rings. The van der Waals surface area contributed by atoms with Crippen molar-refractivity contribution in [3.8, 4) is 5.75 Å². The van der Waals surface area contributed by atoms with E-state index in [1.165, 1.54) is 16.7 Å². The molecule has 2 nitrogen and oxygen atoms in total. The van der Waals surface area contributed by atoms with Crippen molar-refractivity contribution >= 4 is 0 Å². The molecule has 0 bridgehead atoms. The van der Waals surface area contributed by atoms with Crippen molar-refractivity contribution in [3.63, 3.8) is 0 Å². The van der Waals surface area contributed by atoms with Gasteiger partial charge in [0.05, 0.1) is 5.60 Å². The molecule has 1 fully saturated rings. The normalized spacial score (nSPS) is 29.8. The zero-order valence-corrected chi connectivity index (χ0v) is 16.5. The van der Waals surface area contributed by atoms with Crippen LogP contribution in [-0.4, -0.2) is 15.8 Å². The van der Waals surface area contributed by atoms with Crippen molar-refractivity contribution < 1.29 is 10.2 Å². The highest BCUT2D eigenvalue weighted by Gasteiger charge is 2.51. The van der Waals surface area contributed by atoms with Gasteiger partial charge >= 0.3 is 0 Å². The van der Waals surface area contributed by atoms with E-state index in [0.717, 1.165) is 57.8 Å². The topological polar surface area (TPSA) is 40.5 Å². The van der Waals surface area contributed by atoms with Gasteiger partial charge in [0.1, 0.15) is 5.75 Å². The van der Waals surface area contributed by atoms with Gasteiger partial charge in [-0.1, -0.05) is 56.2 Å². The minimum Gasteiger partial charge on any atom is -0.508 e. The molecule has 0 spiro atoms. The number of hydrogen-bond acceptors (Lipinski definition) is 2.